The zero-order valence-electron chi connectivity index (χ0n) is 42.5. The molecule has 14 rings (SSSR count). The second kappa shape index (κ2) is 14.5. The predicted octanol–water partition coefficient (Wildman–Crippen LogP) is 16.2. The molecule has 3 aliphatic heterocycles. The molecule has 2 atom stereocenters. The molecule has 4 aliphatic rings. The van der Waals surface area contributed by atoms with E-state index in [-0.39, 0.29) is 28.5 Å². The molecule has 5 nitrogen and oxygen atoms in total. The Morgan fingerprint density at radius 1 is 0.479 bits per heavy atom. The summed E-state index contributed by atoms with van der Waals surface area (Å²) >= 11 is 0. The maximum Gasteiger partial charge on any atom is 0.252 e. The number of furan rings is 2. The minimum atomic E-state index is -0.112. The highest BCUT2D eigenvalue weighted by Crippen LogP contribution is 2.62. The van der Waals surface area contributed by atoms with Gasteiger partial charge in [-0.15, -0.1) is 0 Å². The molecule has 0 N–H and O–H groups in total. The lowest BCUT2D eigenvalue weighted by atomic mass is 9.33. The number of hydrogen-bond acceptors (Lipinski definition) is 5. The third-order valence-corrected chi connectivity index (χ3v) is 17.5. The van der Waals surface area contributed by atoms with Crippen molar-refractivity contribution < 1.29 is 8.83 Å². The number of nitrogens with zero attached hydrogens (tertiary/aromatic N) is 3. The summed E-state index contributed by atoms with van der Waals surface area (Å²) in [6.45, 7) is 21.4. The molecule has 6 heteroatoms. The van der Waals surface area contributed by atoms with Crippen molar-refractivity contribution in [3.05, 3.63) is 174 Å². The first-order chi connectivity index (χ1) is 34.1. The van der Waals surface area contributed by atoms with E-state index in [4.69, 9.17) is 8.83 Å². The average molecular weight is 926 g/mol. The van der Waals surface area contributed by atoms with Gasteiger partial charge in [0.25, 0.3) is 6.71 Å². The van der Waals surface area contributed by atoms with E-state index in [2.05, 4.69) is 229 Å². The van der Waals surface area contributed by atoms with Crippen LogP contribution < -0.4 is 31.1 Å². The highest BCUT2D eigenvalue weighted by atomic mass is 16.3. The minimum Gasteiger partial charge on any atom is -0.456 e. The molecule has 71 heavy (non-hydrogen) atoms. The van der Waals surface area contributed by atoms with Crippen LogP contribution in [0.25, 0.3) is 43.9 Å². The van der Waals surface area contributed by atoms with E-state index in [0.717, 1.165) is 61.7 Å². The van der Waals surface area contributed by atoms with Crippen molar-refractivity contribution in [1.29, 1.82) is 0 Å². The Kier molecular flexibility index (Phi) is 8.70. The molecule has 5 heterocycles. The smallest absolute Gasteiger partial charge is 0.252 e. The van der Waals surface area contributed by atoms with E-state index in [9.17, 15) is 0 Å². The van der Waals surface area contributed by atoms with Crippen LogP contribution in [0, 0.1) is 6.92 Å². The molecule has 0 amide bonds. The van der Waals surface area contributed by atoms with E-state index >= 15 is 0 Å². The quantitative estimate of drug-likeness (QED) is 0.165. The summed E-state index contributed by atoms with van der Waals surface area (Å²) in [6.07, 6.45) is 4.78. The Morgan fingerprint density at radius 2 is 1.11 bits per heavy atom. The standard InChI is InChI=1S/C65H60BN3O2/c1-39-33-55-60-56(34-39)68(53-20-16-19-47-45-18-11-13-22-58(45)71-61(47)53)54-37-43(69-51-29-23-40(62(2,3)4)35-48(51)64(8)31-14-15-32-65(64,69)9)26-28-49(54)66(60)50-36-41(63(5,6)7)24-30-52(50)67(55)42-25-27-46-44-17-10-12-21-57(44)70-59(46)38-42/h10-13,16-30,33-38H,14-15,31-32H2,1-9H3. The van der Waals surface area contributed by atoms with Gasteiger partial charge >= 0.3 is 0 Å². The van der Waals surface area contributed by atoms with Crippen LogP contribution in [0.1, 0.15) is 103 Å². The Balaban J connectivity index is 1.06. The summed E-state index contributed by atoms with van der Waals surface area (Å²) in [5, 5.41) is 4.51. The molecule has 2 aromatic heterocycles. The predicted molar refractivity (Wildman–Crippen MR) is 300 cm³/mol. The first kappa shape index (κ1) is 42.7. The molecule has 0 saturated heterocycles. The average Bonchev–Trinajstić information content (AvgIpc) is 3.99. The number of aryl methyl sites for hydroxylation is 1. The van der Waals surface area contributed by atoms with Crippen molar-refractivity contribution >= 4 is 112 Å². The van der Waals surface area contributed by atoms with Crippen LogP contribution in [0.15, 0.2) is 160 Å². The molecule has 1 fully saturated rings. The van der Waals surface area contributed by atoms with Gasteiger partial charge in [-0.25, -0.2) is 0 Å². The number of benzene rings is 8. The molecule has 8 aromatic carbocycles. The topological polar surface area (TPSA) is 36.0 Å². The maximum atomic E-state index is 7.00. The van der Waals surface area contributed by atoms with Gasteiger partial charge in [0.2, 0.25) is 0 Å². The van der Waals surface area contributed by atoms with Crippen LogP contribution in [0.5, 0.6) is 0 Å². The molecular weight excluding hydrogens is 866 g/mol. The Labute approximate surface area is 417 Å². The number of rotatable bonds is 3. The van der Waals surface area contributed by atoms with Crippen LogP contribution in [0.3, 0.4) is 0 Å². The summed E-state index contributed by atoms with van der Waals surface area (Å²) in [5.41, 5.74) is 22.2. The van der Waals surface area contributed by atoms with Gasteiger partial charge in [0.15, 0.2) is 5.58 Å². The van der Waals surface area contributed by atoms with E-state index in [1.807, 2.05) is 0 Å². The van der Waals surface area contributed by atoms with Crippen LogP contribution in [0.2, 0.25) is 0 Å². The second-order valence-electron chi connectivity index (χ2n) is 23.7. The zero-order chi connectivity index (χ0) is 48.5. The fourth-order valence-electron chi connectivity index (χ4n) is 13.6. The first-order valence-corrected chi connectivity index (χ1v) is 25.9. The molecule has 1 saturated carbocycles. The van der Waals surface area contributed by atoms with Crippen molar-refractivity contribution in [2.45, 2.75) is 110 Å². The Morgan fingerprint density at radius 3 is 1.87 bits per heavy atom. The molecule has 10 aromatic rings. The molecule has 350 valence electrons. The monoisotopic (exact) mass is 925 g/mol. The summed E-state index contributed by atoms with van der Waals surface area (Å²) in [4.78, 5) is 7.83. The van der Waals surface area contributed by atoms with Gasteiger partial charge < -0.3 is 23.5 Å². The van der Waals surface area contributed by atoms with Crippen LogP contribution in [-0.4, -0.2) is 12.3 Å². The van der Waals surface area contributed by atoms with E-state index in [1.54, 1.807) is 0 Å². The molecule has 0 bridgehead atoms. The summed E-state index contributed by atoms with van der Waals surface area (Å²) in [5.74, 6) is 0. The number of fused-ring (bicyclic) bond motifs is 13. The molecule has 0 spiro atoms. The van der Waals surface area contributed by atoms with Gasteiger partial charge in [0.05, 0.1) is 11.2 Å². The number of hydrogen-bond donors (Lipinski definition) is 0. The van der Waals surface area contributed by atoms with Crippen molar-refractivity contribution in [2.75, 3.05) is 14.7 Å². The first-order valence-electron chi connectivity index (χ1n) is 25.9. The zero-order valence-corrected chi connectivity index (χ0v) is 42.5. The Bertz CT molecular complexity index is 3900. The largest absolute Gasteiger partial charge is 0.456 e. The van der Waals surface area contributed by atoms with E-state index in [1.165, 1.54) is 92.0 Å². The normalized spacial score (nSPS) is 19.4. The molecule has 2 unspecified atom stereocenters. The summed E-state index contributed by atoms with van der Waals surface area (Å²) < 4.78 is 13.6. The third-order valence-electron chi connectivity index (χ3n) is 17.5. The van der Waals surface area contributed by atoms with Crippen LogP contribution in [-0.2, 0) is 16.2 Å². The van der Waals surface area contributed by atoms with Gasteiger partial charge in [-0.05, 0) is 143 Å². The lowest BCUT2D eigenvalue weighted by molar-refractivity contribution is 0.195. The summed E-state index contributed by atoms with van der Waals surface area (Å²) in [7, 11) is 0. The van der Waals surface area contributed by atoms with Crippen LogP contribution >= 0.6 is 0 Å². The van der Waals surface area contributed by atoms with Crippen molar-refractivity contribution in [2.24, 2.45) is 0 Å². The fraction of sp³-hybridized carbons (Fsp3) is 0.262. The van der Waals surface area contributed by atoms with E-state index in [0.29, 0.717) is 0 Å². The fourth-order valence-corrected chi connectivity index (χ4v) is 13.6. The summed E-state index contributed by atoms with van der Waals surface area (Å²) in [6, 6.07) is 57.4. The lowest BCUT2D eigenvalue weighted by Crippen LogP contribution is -2.61. The number of para-hydroxylation sites is 3. The highest BCUT2D eigenvalue weighted by molar-refractivity contribution is 7.00. The highest BCUT2D eigenvalue weighted by Gasteiger charge is 2.58. The minimum absolute atomic E-state index is 0.00354. The SMILES string of the molecule is Cc1cc2c3c(c1)N(c1cccc4c1oc1ccccc14)c1cc(N4c5ccc(C(C)(C)C)cc5C5(C)CCCCC45C)ccc1B3c1cc(C(C)(C)C)ccc1N2c1ccc2c(c1)oc1ccccc12. The van der Waals surface area contributed by atoms with Gasteiger partial charge in [-0.1, -0.05) is 140 Å². The molecule has 0 radical (unpaired) electrons. The number of anilines is 8. The van der Waals surface area contributed by atoms with Gasteiger partial charge in [-0.3, -0.25) is 0 Å². The second-order valence-corrected chi connectivity index (χ2v) is 23.7. The third kappa shape index (κ3) is 5.88. The van der Waals surface area contributed by atoms with Gasteiger partial charge in [-0.2, -0.15) is 0 Å². The lowest BCUT2D eigenvalue weighted by Gasteiger charge is -2.50. The van der Waals surface area contributed by atoms with Crippen molar-refractivity contribution in [3.8, 4) is 0 Å². The van der Waals surface area contributed by atoms with Crippen molar-refractivity contribution in [3.63, 3.8) is 0 Å². The Hall–Kier alpha value is -7.18. The van der Waals surface area contributed by atoms with Gasteiger partial charge in [0.1, 0.15) is 16.7 Å². The molecule has 1 aliphatic carbocycles. The van der Waals surface area contributed by atoms with E-state index < -0.39 is 0 Å². The molecular formula is C65H60BN3O2. The maximum absolute atomic E-state index is 7.00. The van der Waals surface area contributed by atoms with Crippen LogP contribution in [0.4, 0.5) is 45.5 Å². The van der Waals surface area contributed by atoms with Crippen molar-refractivity contribution in [1.82, 2.24) is 0 Å². The van der Waals surface area contributed by atoms with Gasteiger partial charge in [0, 0.05) is 72.8 Å².